The SMILES string of the molecule is CCCn1c(O)c(N=NC(=O)Cc2ccccc2)c2cc(OC)ccc21. The van der Waals surface area contributed by atoms with E-state index in [1.54, 1.807) is 17.7 Å². The number of aromatic hydroxyl groups is 1. The van der Waals surface area contributed by atoms with Crippen LogP contribution in [0.1, 0.15) is 18.9 Å². The predicted molar refractivity (Wildman–Crippen MR) is 100 cm³/mol. The molecule has 2 aromatic carbocycles. The highest BCUT2D eigenvalue weighted by Gasteiger charge is 2.17. The van der Waals surface area contributed by atoms with Crippen LogP contribution in [-0.4, -0.2) is 22.7 Å². The molecule has 0 aliphatic rings. The van der Waals surface area contributed by atoms with Gasteiger partial charge in [-0.05, 0) is 30.2 Å². The first-order chi connectivity index (χ1) is 12.6. The van der Waals surface area contributed by atoms with Crippen molar-refractivity contribution in [3.8, 4) is 11.6 Å². The molecule has 0 bridgehead atoms. The molecule has 0 unspecified atom stereocenters. The number of carbonyl (C=O) groups is 1. The third-order valence-corrected chi connectivity index (χ3v) is 4.12. The number of methoxy groups -OCH3 is 1. The highest BCUT2D eigenvalue weighted by molar-refractivity contribution is 5.96. The molecule has 26 heavy (non-hydrogen) atoms. The van der Waals surface area contributed by atoms with E-state index >= 15 is 0 Å². The average Bonchev–Trinajstić information content (AvgIpc) is 2.92. The van der Waals surface area contributed by atoms with Crippen molar-refractivity contribution in [3.63, 3.8) is 0 Å². The molecule has 6 heteroatoms. The Morgan fingerprint density at radius 1 is 1.19 bits per heavy atom. The first kappa shape index (κ1) is 17.7. The third-order valence-electron chi connectivity index (χ3n) is 4.12. The molecule has 1 aromatic heterocycles. The number of hydrogen-bond donors (Lipinski definition) is 1. The molecule has 1 heterocycles. The van der Waals surface area contributed by atoms with Gasteiger partial charge < -0.3 is 14.4 Å². The fourth-order valence-electron chi connectivity index (χ4n) is 2.89. The minimum Gasteiger partial charge on any atom is -0.497 e. The van der Waals surface area contributed by atoms with Gasteiger partial charge in [0.25, 0.3) is 5.91 Å². The van der Waals surface area contributed by atoms with E-state index < -0.39 is 0 Å². The second-order valence-corrected chi connectivity index (χ2v) is 5.96. The van der Waals surface area contributed by atoms with Crippen LogP contribution in [0.4, 0.5) is 5.69 Å². The molecular weight excluding hydrogens is 330 g/mol. The van der Waals surface area contributed by atoms with Crippen LogP contribution in [0.2, 0.25) is 0 Å². The summed E-state index contributed by atoms with van der Waals surface area (Å²) in [5.41, 5.74) is 1.99. The van der Waals surface area contributed by atoms with Gasteiger partial charge in [-0.25, -0.2) is 0 Å². The molecule has 0 saturated carbocycles. The quantitative estimate of drug-likeness (QED) is 0.658. The minimum absolute atomic E-state index is 0.00589. The third kappa shape index (κ3) is 3.59. The topological polar surface area (TPSA) is 76.2 Å². The highest BCUT2D eigenvalue weighted by Crippen LogP contribution is 2.40. The van der Waals surface area contributed by atoms with E-state index in [0.717, 1.165) is 17.5 Å². The van der Waals surface area contributed by atoms with Crippen molar-refractivity contribution in [3.05, 3.63) is 54.1 Å². The van der Waals surface area contributed by atoms with E-state index in [1.807, 2.05) is 49.4 Å². The summed E-state index contributed by atoms with van der Waals surface area (Å²) in [6.45, 7) is 2.67. The molecule has 0 spiro atoms. The maximum absolute atomic E-state index is 12.1. The van der Waals surface area contributed by atoms with Gasteiger partial charge >= 0.3 is 0 Å². The van der Waals surface area contributed by atoms with Crippen LogP contribution < -0.4 is 4.74 Å². The van der Waals surface area contributed by atoms with Crippen molar-refractivity contribution in [1.29, 1.82) is 0 Å². The lowest BCUT2D eigenvalue weighted by Crippen LogP contribution is -1.97. The van der Waals surface area contributed by atoms with E-state index in [9.17, 15) is 9.90 Å². The van der Waals surface area contributed by atoms with E-state index in [2.05, 4.69) is 10.2 Å². The van der Waals surface area contributed by atoms with Gasteiger partial charge in [0.2, 0.25) is 5.88 Å². The molecule has 0 aliphatic heterocycles. The molecule has 1 amide bonds. The van der Waals surface area contributed by atoms with Crippen LogP contribution >= 0.6 is 0 Å². The van der Waals surface area contributed by atoms with Gasteiger partial charge in [0.1, 0.15) is 5.75 Å². The fraction of sp³-hybridized carbons (Fsp3) is 0.250. The molecular formula is C20H21N3O3. The standard InChI is InChI=1S/C20H21N3O3/c1-3-11-23-17-10-9-15(26-2)13-16(17)19(20(23)25)22-21-18(24)12-14-7-5-4-6-8-14/h4-10,13,25H,3,11-12H2,1-2H3. The van der Waals surface area contributed by atoms with Crippen LogP contribution in [0.5, 0.6) is 11.6 Å². The van der Waals surface area contributed by atoms with Gasteiger partial charge in [-0.1, -0.05) is 37.3 Å². The van der Waals surface area contributed by atoms with Crippen molar-refractivity contribution in [2.45, 2.75) is 26.3 Å². The number of amides is 1. The summed E-state index contributed by atoms with van der Waals surface area (Å²) in [6, 6.07) is 14.8. The normalized spacial score (nSPS) is 11.3. The molecule has 6 nitrogen and oxygen atoms in total. The number of aromatic nitrogens is 1. The van der Waals surface area contributed by atoms with Crippen LogP contribution in [0.3, 0.4) is 0 Å². The van der Waals surface area contributed by atoms with Gasteiger partial charge in [0.15, 0.2) is 5.69 Å². The Hall–Kier alpha value is -3.15. The zero-order valence-corrected chi connectivity index (χ0v) is 14.8. The van der Waals surface area contributed by atoms with Gasteiger partial charge in [0, 0.05) is 11.9 Å². The number of carbonyl (C=O) groups excluding carboxylic acids is 1. The largest absolute Gasteiger partial charge is 0.497 e. The number of azo groups is 1. The second kappa shape index (κ2) is 7.82. The summed E-state index contributed by atoms with van der Waals surface area (Å²) in [5.74, 6) is 0.291. The summed E-state index contributed by atoms with van der Waals surface area (Å²) in [5, 5.41) is 19.1. The fourth-order valence-corrected chi connectivity index (χ4v) is 2.89. The van der Waals surface area contributed by atoms with E-state index in [1.165, 1.54) is 0 Å². The number of ether oxygens (including phenoxy) is 1. The molecule has 0 saturated heterocycles. The molecule has 3 rings (SSSR count). The zero-order chi connectivity index (χ0) is 18.5. The van der Waals surface area contributed by atoms with Crippen LogP contribution in [0, 0.1) is 0 Å². The highest BCUT2D eigenvalue weighted by atomic mass is 16.5. The maximum atomic E-state index is 12.1. The molecule has 134 valence electrons. The Balaban J connectivity index is 1.95. The maximum Gasteiger partial charge on any atom is 0.269 e. The number of hydrogen-bond acceptors (Lipinski definition) is 4. The van der Waals surface area contributed by atoms with Crippen molar-refractivity contribution < 1.29 is 14.6 Å². The zero-order valence-electron chi connectivity index (χ0n) is 14.8. The number of benzene rings is 2. The number of fused-ring (bicyclic) bond motifs is 1. The average molecular weight is 351 g/mol. The van der Waals surface area contributed by atoms with Crippen LogP contribution in [-0.2, 0) is 17.8 Å². The van der Waals surface area contributed by atoms with E-state index in [-0.39, 0.29) is 23.9 Å². The van der Waals surface area contributed by atoms with Crippen molar-refractivity contribution >= 4 is 22.5 Å². The molecule has 1 N–H and O–H groups in total. The molecule has 3 aromatic rings. The van der Waals surface area contributed by atoms with Gasteiger partial charge in [-0.15, -0.1) is 10.2 Å². The van der Waals surface area contributed by atoms with Gasteiger partial charge in [-0.2, -0.15) is 0 Å². The van der Waals surface area contributed by atoms with Gasteiger partial charge in [-0.3, -0.25) is 4.79 Å². The van der Waals surface area contributed by atoms with Crippen LogP contribution in [0.15, 0.2) is 58.8 Å². The lowest BCUT2D eigenvalue weighted by atomic mass is 10.1. The van der Waals surface area contributed by atoms with E-state index in [0.29, 0.717) is 17.7 Å². The van der Waals surface area contributed by atoms with Crippen molar-refractivity contribution in [2.24, 2.45) is 10.2 Å². The summed E-state index contributed by atoms with van der Waals surface area (Å²) < 4.78 is 7.03. The summed E-state index contributed by atoms with van der Waals surface area (Å²) in [6.07, 6.45) is 1.02. The Morgan fingerprint density at radius 3 is 2.65 bits per heavy atom. The first-order valence-electron chi connectivity index (χ1n) is 8.51. The molecule has 0 atom stereocenters. The Labute approximate surface area is 151 Å². The van der Waals surface area contributed by atoms with E-state index in [4.69, 9.17) is 4.74 Å². The van der Waals surface area contributed by atoms with Crippen LogP contribution in [0.25, 0.3) is 10.9 Å². The summed E-state index contributed by atoms with van der Waals surface area (Å²) in [7, 11) is 1.58. The predicted octanol–water partition coefficient (Wildman–Crippen LogP) is 4.62. The Bertz CT molecular complexity index is 946. The Kier molecular flexibility index (Phi) is 5.31. The second-order valence-electron chi connectivity index (χ2n) is 5.96. The lowest BCUT2D eigenvalue weighted by molar-refractivity contribution is -0.117. The molecule has 0 radical (unpaired) electrons. The Morgan fingerprint density at radius 2 is 1.96 bits per heavy atom. The van der Waals surface area contributed by atoms with Crippen molar-refractivity contribution in [1.82, 2.24) is 4.57 Å². The first-order valence-corrected chi connectivity index (χ1v) is 8.51. The van der Waals surface area contributed by atoms with Crippen molar-refractivity contribution in [2.75, 3.05) is 7.11 Å². The number of aryl methyl sites for hydroxylation is 1. The summed E-state index contributed by atoms with van der Waals surface area (Å²) >= 11 is 0. The lowest BCUT2D eigenvalue weighted by Gasteiger charge is -2.04. The molecule has 0 fully saturated rings. The van der Waals surface area contributed by atoms with Gasteiger partial charge in [0.05, 0.1) is 19.0 Å². The smallest absolute Gasteiger partial charge is 0.269 e. The minimum atomic E-state index is -0.366. The number of nitrogens with zero attached hydrogens (tertiary/aromatic N) is 3. The monoisotopic (exact) mass is 351 g/mol. The molecule has 0 aliphatic carbocycles. The number of rotatable bonds is 6. The summed E-state index contributed by atoms with van der Waals surface area (Å²) in [4.78, 5) is 12.1.